The third-order valence-corrected chi connectivity index (χ3v) is 1.44. The van der Waals surface area contributed by atoms with Gasteiger partial charge in [-0.05, 0) is 6.92 Å². The smallest absolute Gasteiger partial charge is 0.226 e. The zero-order valence-electron chi connectivity index (χ0n) is 7.87. The molecule has 0 spiro atoms. The maximum absolute atomic E-state index is 5.00. The minimum absolute atomic E-state index is 0.566. The van der Waals surface area contributed by atoms with Crippen molar-refractivity contribution in [3.8, 4) is 5.88 Å². The van der Waals surface area contributed by atoms with E-state index in [0.717, 1.165) is 5.69 Å². The minimum atomic E-state index is 0.566. The Morgan fingerprint density at radius 2 is 2.38 bits per heavy atom. The Labute approximate surface area is 77.7 Å². The topological polar surface area (TPSA) is 47.0 Å². The predicted octanol–water partition coefficient (Wildman–Crippen LogP) is 1.39. The Bertz CT molecular complexity index is 299. The van der Waals surface area contributed by atoms with Crippen LogP contribution in [0.2, 0.25) is 0 Å². The van der Waals surface area contributed by atoms with E-state index in [0.29, 0.717) is 18.4 Å². The van der Waals surface area contributed by atoms with Crippen molar-refractivity contribution in [3.05, 3.63) is 24.4 Å². The second-order valence-corrected chi connectivity index (χ2v) is 2.54. The molecule has 1 N–H and O–H groups in total. The molecule has 0 aliphatic rings. The van der Waals surface area contributed by atoms with Crippen LogP contribution in [0, 0.1) is 6.92 Å². The lowest BCUT2D eigenvalue weighted by atomic mass is 10.4. The number of rotatable bonds is 4. The largest absolute Gasteiger partial charge is 0.481 e. The van der Waals surface area contributed by atoms with Gasteiger partial charge in [0.2, 0.25) is 11.8 Å². The van der Waals surface area contributed by atoms with Gasteiger partial charge in [0.1, 0.15) is 0 Å². The van der Waals surface area contributed by atoms with E-state index in [1.807, 2.05) is 6.92 Å². The summed E-state index contributed by atoms with van der Waals surface area (Å²) < 4.78 is 5.00. The molecule has 0 bridgehead atoms. The number of nitrogens with zero attached hydrogens (tertiary/aromatic N) is 2. The quantitative estimate of drug-likeness (QED) is 0.709. The first-order valence-electron chi connectivity index (χ1n) is 4.00. The highest BCUT2D eigenvalue weighted by Gasteiger charge is 1.99. The van der Waals surface area contributed by atoms with Crippen molar-refractivity contribution >= 4 is 5.95 Å². The first-order chi connectivity index (χ1) is 6.26. The second-order valence-electron chi connectivity index (χ2n) is 2.54. The van der Waals surface area contributed by atoms with Crippen LogP contribution in [0.25, 0.3) is 0 Å². The Balaban J connectivity index is 2.81. The number of hydrogen-bond acceptors (Lipinski definition) is 4. The van der Waals surface area contributed by atoms with Crippen LogP contribution in [0.3, 0.4) is 0 Å². The molecule has 0 fully saturated rings. The van der Waals surface area contributed by atoms with Crippen LogP contribution in [0.4, 0.5) is 5.95 Å². The van der Waals surface area contributed by atoms with Gasteiger partial charge in [-0.15, -0.1) is 6.58 Å². The third-order valence-electron chi connectivity index (χ3n) is 1.44. The molecule has 0 radical (unpaired) electrons. The molecule has 0 amide bonds. The van der Waals surface area contributed by atoms with E-state index in [4.69, 9.17) is 4.74 Å². The Morgan fingerprint density at radius 1 is 1.62 bits per heavy atom. The zero-order chi connectivity index (χ0) is 9.68. The van der Waals surface area contributed by atoms with Gasteiger partial charge in [-0.25, -0.2) is 4.98 Å². The molecule has 1 rings (SSSR count). The van der Waals surface area contributed by atoms with Crippen LogP contribution < -0.4 is 10.1 Å². The van der Waals surface area contributed by atoms with E-state index in [9.17, 15) is 0 Å². The highest BCUT2D eigenvalue weighted by atomic mass is 16.5. The summed E-state index contributed by atoms with van der Waals surface area (Å²) in [6.45, 7) is 6.13. The number of aryl methyl sites for hydroxylation is 1. The van der Waals surface area contributed by atoms with Gasteiger partial charge in [0, 0.05) is 18.3 Å². The molecule has 13 heavy (non-hydrogen) atoms. The summed E-state index contributed by atoms with van der Waals surface area (Å²) in [6, 6.07) is 1.78. The molecule has 0 unspecified atom stereocenters. The van der Waals surface area contributed by atoms with Crippen molar-refractivity contribution in [2.45, 2.75) is 6.92 Å². The van der Waals surface area contributed by atoms with Crippen LogP contribution in [0.15, 0.2) is 18.7 Å². The predicted molar refractivity (Wildman–Crippen MR) is 52.0 cm³/mol. The summed E-state index contributed by atoms with van der Waals surface area (Å²) in [4.78, 5) is 8.27. The summed E-state index contributed by atoms with van der Waals surface area (Å²) in [7, 11) is 1.58. The number of ether oxygens (including phenoxy) is 1. The Hall–Kier alpha value is -1.58. The van der Waals surface area contributed by atoms with Gasteiger partial charge in [0.25, 0.3) is 0 Å². The maximum atomic E-state index is 5.00. The fourth-order valence-corrected chi connectivity index (χ4v) is 0.887. The average Bonchev–Trinajstić information content (AvgIpc) is 2.14. The minimum Gasteiger partial charge on any atom is -0.481 e. The summed E-state index contributed by atoms with van der Waals surface area (Å²) in [5.74, 6) is 1.14. The lowest BCUT2D eigenvalue weighted by Crippen LogP contribution is -2.04. The molecule has 0 aliphatic carbocycles. The van der Waals surface area contributed by atoms with Crippen molar-refractivity contribution in [2.75, 3.05) is 19.0 Å². The number of aromatic nitrogens is 2. The monoisotopic (exact) mass is 179 g/mol. The van der Waals surface area contributed by atoms with E-state index in [1.54, 1.807) is 19.3 Å². The van der Waals surface area contributed by atoms with Crippen LogP contribution in [-0.4, -0.2) is 23.6 Å². The highest BCUT2D eigenvalue weighted by molar-refractivity contribution is 5.31. The van der Waals surface area contributed by atoms with Crippen molar-refractivity contribution in [1.82, 2.24) is 9.97 Å². The van der Waals surface area contributed by atoms with Crippen LogP contribution >= 0.6 is 0 Å². The molecule has 1 aromatic rings. The molecular weight excluding hydrogens is 166 g/mol. The maximum Gasteiger partial charge on any atom is 0.226 e. The van der Waals surface area contributed by atoms with Gasteiger partial charge in [-0.3, -0.25) is 0 Å². The number of nitrogens with one attached hydrogen (secondary N) is 1. The van der Waals surface area contributed by atoms with Gasteiger partial charge in [0.05, 0.1) is 7.11 Å². The van der Waals surface area contributed by atoms with Crippen molar-refractivity contribution in [1.29, 1.82) is 0 Å². The van der Waals surface area contributed by atoms with E-state index in [-0.39, 0.29) is 0 Å². The van der Waals surface area contributed by atoms with Crippen molar-refractivity contribution in [3.63, 3.8) is 0 Å². The first kappa shape index (κ1) is 9.51. The van der Waals surface area contributed by atoms with Gasteiger partial charge >= 0.3 is 0 Å². The fraction of sp³-hybridized carbons (Fsp3) is 0.333. The van der Waals surface area contributed by atoms with E-state index < -0.39 is 0 Å². The van der Waals surface area contributed by atoms with E-state index in [2.05, 4.69) is 21.9 Å². The molecular formula is C9H13N3O. The normalized spacial score (nSPS) is 9.38. The molecule has 1 heterocycles. The van der Waals surface area contributed by atoms with Crippen LogP contribution in [0.5, 0.6) is 5.88 Å². The van der Waals surface area contributed by atoms with Gasteiger partial charge in [-0.1, -0.05) is 6.08 Å². The van der Waals surface area contributed by atoms with E-state index >= 15 is 0 Å². The second kappa shape index (κ2) is 4.45. The standard InChI is InChI=1S/C9H13N3O/c1-4-5-10-9-11-7(2)6-8(12-9)13-3/h4,6H,1,5H2,2-3H3,(H,10,11,12). The van der Waals surface area contributed by atoms with E-state index in [1.165, 1.54) is 0 Å². The highest BCUT2D eigenvalue weighted by Crippen LogP contribution is 2.10. The number of hydrogen-bond donors (Lipinski definition) is 1. The molecule has 70 valence electrons. The average molecular weight is 179 g/mol. The molecule has 1 aromatic heterocycles. The SMILES string of the molecule is C=CCNc1nc(C)cc(OC)n1. The molecule has 0 saturated carbocycles. The van der Waals surface area contributed by atoms with Gasteiger partial charge < -0.3 is 10.1 Å². The van der Waals surface area contributed by atoms with Crippen LogP contribution in [-0.2, 0) is 0 Å². The number of methoxy groups -OCH3 is 1. The molecule has 4 nitrogen and oxygen atoms in total. The molecule has 4 heteroatoms. The molecule has 0 aromatic carbocycles. The molecule has 0 saturated heterocycles. The molecule has 0 aliphatic heterocycles. The lowest BCUT2D eigenvalue weighted by molar-refractivity contribution is 0.397. The zero-order valence-corrected chi connectivity index (χ0v) is 7.87. The summed E-state index contributed by atoms with van der Waals surface area (Å²) in [5.41, 5.74) is 0.874. The van der Waals surface area contributed by atoms with Crippen molar-refractivity contribution in [2.24, 2.45) is 0 Å². The Kier molecular flexibility index (Phi) is 3.25. The summed E-state index contributed by atoms with van der Waals surface area (Å²) >= 11 is 0. The number of anilines is 1. The Morgan fingerprint density at radius 3 is 3.00 bits per heavy atom. The van der Waals surface area contributed by atoms with Crippen LogP contribution in [0.1, 0.15) is 5.69 Å². The first-order valence-corrected chi connectivity index (χ1v) is 4.00. The third kappa shape index (κ3) is 2.74. The van der Waals surface area contributed by atoms with Gasteiger partial charge in [-0.2, -0.15) is 4.98 Å². The lowest BCUT2D eigenvalue weighted by Gasteiger charge is -2.04. The van der Waals surface area contributed by atoms with Gasteiger partial charge in [0.15, 0.2) is 0 Å². The molecule has 0 atom stereocenters. The summed E-state index contributed by atoms with van der Waals surface area (Å²) in [5, 5.41) is 2.99. The fourth-order valence-electron chi connectivity index (χ4n) is 0.887. The summed E-state index contributed by atoms with van der Waals surface area (Å²) in [6.07, 6.45) is 1.75. The van der Waals surface area contributed by atoms with Crippen molar-refractivity contribution < 1.29 is 4.74 Å².